The van der Waals surface area contributed by atoms with E-state index in [1.54, 1.807) is 7.11 Å². The van der Waals surface area contributed by atoms with Gasteiger partial charge in [0.25, 0.3) is 0 Å². The summed E-state index contributed by atoms with van der Waals surface area (Å²) in [5.74, 6) is 4.09. The van der Waals surface area contributed by atoms with Crippen molar-refractivity contribution in [2.75, 3.05) is 13.7 Å². The number of cyclic esters (lactones) is 1. The Morgan fingerprint density at radius 1 is 1.19 bits per heavy atom. The summed E-state index contributed by atoms with van der Waals surface area (Å²) in [5.41, 5.74) is 7.35. The first-order valence-corrected chi connectivity index (χ1v) is 12.1. The van der Waals surface area contributed by atoms with Crippen LogP contribution in [0.5, 0.6) is 5.75 Å². The maximum absolute atomic E-state index is 11.5. The fourth-order valence-corrected chi connectivity index (χ4v) is 3.30. The minimum Gasteiger partial charge on any atom is -0.497 e. The predicted molar refractivity (Wildman–Crippen MR) is 106 cm³/mol. The van der Waals surface area contributed by atoms with Gasteiger partial charge in [0.15, 0.2) is 0 Å². The van der Waals surface area contributed by atoms with Gasteiger partial charge in [0, 0.05) is 11.1 Å². The molecule has 1 atom stereocenters. The molecule has 0 radical (unpaired) electrons. The van der Waals surface area contributed by atoms with Crippen LogP contribution in [-0.2, 0) is 4.74 Å². The number of hydrogen-bond acceptors (Lipinski definition) is 3. The van der Waals surface area contributed by atoms with Crippen LogP contribution in [0.3, 0.4) is 0 Å². The molecule has 0 bridgehead atoms. The van der Waals surface area contributed by atoms with Gasteiger partial charge in [-0.1, -0.05) is 43.8 Å². The number of carbonyl (C=O) groups is 1. The summed E-state index contributed by atoms with van der Waals surface area (Å²) in [6.45, 7) is 7.14. The molecule has 3 rings (SSSR count). The highest BCUT2D eigenvalue weighted by Gasteiger charge is 2.26. The van der Waals surface area contributed by atoms with E-state index >= 15 is 0 Å². The molecule has 0 spiro atoms. The van der Waals surface area contributed by atoms with Crippen LogP contribution >= 0.6 is 0 Å². The molecule has 1 heterocycles. The lowest BCUT2D eigenvalue weighted by Crippen LogP contribution is -2.16. The number of alkyl carbamates (subject to hydrolysis) is 1. The molecule has 134 valence electrons. The van der Waals surface area contributed by atoms with Crippen molar-refractivity contribution in [3.8, 4) is 28.3 Å². The number of benzene rings is 2. The van der Waals surface area contributed by atoms with Gasteiger partial charge in [0.2, 0.25) is 0 Å². The molecule has 5 heteroatoms. The summed E-state index contributed by atoms with van der Waals surface area (Å²) in [5, 5.41) is 2.72. The smallest absolute Gasteiger partial charge is 0.407 e. The summed E-state index contributed by atoms with van der Waals surface area (Å²) >= 11 is 0. The highest BCUT2D eigenvalue weighted by Crippen LogP contribution is 2.34. The second-order valence-corrected chi connectivity index (χ2v) is 12.1. The van der Waals surface area contributed by atoms with Gasteiger partial charge < -0.3 is 14.8 Å². The van der Waals surface area contributed by atoms with Gasteiger partial charge in [0.1, 0.15) is 19.9 Å². The average Bonchev–Trinajstić information content (AvgIpc) is 3.05. The zero-order valence-electron chi connectivity index (χ0n) is 15.6. The van der Waals surface area contributed by atoms with Crippen LogP contribution in [-0.4, -0.2) is 27.8 Å². The SMILES string of the molecule is COc1cccc(-c2cc(C#C[Si](C)(C)C)ccc2C2CNC(=O)O2)c1. The van der Waals surface area contributed by atoms with E-state index in [1.165, 1.54) is 0 Å². The lowest BCUT2D eigenvalue weighted by Gasteiger charge is -2.15. The summed E-state index contributed by atoms with van der Waals surface area (Å²) in [6, 6.07) is 14.0. The minimum atomic E-state index is -1.46. The van der Waals surface area contributed by atoms with Gasteiger partial charge in [-0.15, -0.1) is 5.54 Å². The molecule has 26 heavy (non-hydrogen) atoms. The predicted octanol–water partition coefficient (Wildman–Crippen LogP) is 4.37. The third kappa shape index (κ3) is 4.27. The maximum Gasteiger partial charge on any atom is 0.407 e. The van der Waals surface area contributed by atoms with Crippen LogP contribution in [0.1, 0.15) is 17.2 Å². The Bertz CT molecular complexity index is 890. The molecule has 1 amide bonds. The Balaban J connectivity index is 2.09. The Kier molecular flexibility index (Phi) is 5.05. The molecule has 1 N–H and O–H groups in total. The molecular formula is C21H23NO3Si. The van der Waals surface area contributed by atoms with E-state index in [9.17, 15) is 4.79 Å². The standard InChI is InChI=1S/C21H23NO3Si/c1-24-17-7-5-6-16(13-17)19-12-15(10-11-26(2,3)4)8-9-18(19)20-14-22-21(23)25-20/h5-9,12-13,20H,14H2,1-4H3,(H,22,23). The van der Waals surface area contributed by atoms with Crippen molar-refractivity contribution >= 4 is 14.2 Å². The molecule has 1 aliphatic rings. The number of hydrogen-bond donors (Lipinski definition) is 1. The minimum absolute atomic E-state index is 0.303. The van der Waals surface area contributed by atoms with Crippen molar-refractivity contribution in [2.45, 2.75) is 25.7 Å². The molecule has 2 aromatic rings. The number of nitrogens with one attached hydrogen (secondary N) is 1. The lowest BCUT2D eigenvalue weighted by molar-refractivity contribution is 0.141. The Morgan fingerprint density at radius 3 is 2.65 bits per heavy atom. The van der Waals surface area contributed by atoms with Crippen molar-refractivity contribution in [2.24, 2.45) is 0 Å². The van der Waals surface area contributed by atoms with Gasteiger partial charge in [-0.3, -0.25) is 0 Å². The zero-order valence-corrected chi connectivity index (χ0v) is 16.6. The van der Waals surface area contributed by atoms with Gasteiger partial charge in [-0.05, 0) is 35.4 Å². The Labute approximate surface area is 155 Å². The van der Waals surface area contributed by atoms with Gasteiger partial charge in [-0.2, -0.15) is 0 Å². The second-order valence-electron chi connectivity index (χ2n) is 7.31. The summed E-state index contributed by atoms with van der Waals surface area (Å²) in [4.78, 5) is 11.5. The van der Waals surface area contributed by atoms with Crippen LogP contribution in [0.15, 0.2) is 42.5 Å². The quantitative estimate of drug-likeness (QED) is 0.649. The molecule has 2 aromatic carbocycles. The number of ether oxygens (including phenoxy) is 2. The van der Waals surface area contributed by atoms with Crippen LogP contribution in [0.4, 0.5) is 4.79 Å². The first-order valence-electron chi connectivity index (χ1n) is 8.62. The van der Waals surface area contributed by atoms with Crippen molar-refractivity contribution in [1.82, 2.24) is 5.32 Å². The molecule has 4 nitrogen and oxygen atoms in total. The molecule has 0 aromatic heterocycles. The zero-order chi connectivity index (χ0) is 18.7. The van der Waals surface area contributed by atoms with E-state index in [4.69, 9.17) is 9.47 Å². The van der Waals surface area contributed by atoms with Gasteiger partial charge in [-0.25, -0.2) is 4.79 Å². The topological polar surface area (TPSA) is 47.6 Å². The Morgan fingerprint density at radius 2 is 2.00 bits per heavy atom. The highest BCUT2D eigenvalue weighted by molar-refractivity contribution is 6.83. The maximum atomic E-state index is 11.5. The molecule has 1 fully saturated rings. The van der Waals surface area contributed by atoms with Crippen LogP contribution in [0.2, 0.25) is 19.6 Å². The first-order chi connectivity index (χ1) is 12.4. The van der Waals surface area contributed by atoms with Gasteiger partial charge in [0.05, 0.1) is 13.7 Å². The molecule has 1 aliphatic heterocycles. The third-order valence-corrected chi connectivity index (χ3v) is 4.92. The van der Waals surface area contributed by atoms with E-state index in [-0.39, 0.29) is 12.2 Å². The highest BCUT2D eigenvalue weighted by atomic mass is 28.3. The second kappa shape index (κ2) is 7.26. The van der Waals surface area contributed by atoms with E-state index < -0.39 is 8.07 Å². The summed E-state index contributed by atoms with van der Waals surface area (Å²) in [6.07, 6.45) is -0.683. The van der Waals surface area contributed by atoms with Crippen LogP contribution in [0.25, 0.3) is 11.1 Å². The van der Waals surface area contributed by atoms with Crippen molar-refractivity contribution in [3.63, 3.8) is 0 Å². The number of carbonyl (C=O) groups excluding carboxylic acids is 1. The molecular weight excluding hydrogens is 342 g/mol. The number of methoxy groups -OCH3 is 1. The lowest BCUT2D eigenvalue weighted by atomic mass is 9.94. The largest absolute Gasteiger partial charge is 0.497 e. The molecule has 1 saturated heterocycles. The fourth-order valence-electron chi connectivity index (χ4n) is 2.78. The monoisotopic (exact) mass is 365 g/mol. The molecule has 0 saturated carbocycles. The number of amides is 1. The van der Waals surface area contributed by atoms with E-state index in [2.05, 4.69) is 42.5 Å². The Hall–Kier alpha value is -2.71. The van der Waals surface area contributed by atoms with Crippen molar-refractivity contribution < 1.29 is 14.3 Å². The fraction of sp³-hybridized carbons (Fsp3) is 0.286. The third-order valence-electron chi connectivity index (χ3n) is 4.04. The van der Waals surface area contributed by atoms with E-state index in [0.29, 0.717) is 6.54 Å². The normalized spacial score (nSPS) is 16.3. The van der Waals surface area contributed by atoms with E-state index in [0.717, 1.165) is 28.0 Å². The average molecular weight is 366 g/mol. The first kappa shape index (κ1) is 18.1. The molecule has 1 unspecified atom stereocenters. The van der Waals surface area contributed by atoms with Crippen molar-refractivity contribution in [1.29, 1.82) is 0 Å². The summed E-state index contributed by atoms with van der Waals surface area (Å²) in [7, 11) is 0.191. The van der Waals surface area contributed by atoms with Crippen molar-refractivity contribution in [3.05, 3.63) is 53.6 Å². The number of rotatable bonds is 3. The van der Waals surface area contributed by atoms with E-state index in [1.807, 2.05) is 36.4 Å². The molecule has 0 aliphatic carbocycles. The van der Waals surface area contributed by atoms with Crippen LogP contribution in [0, 0.1) is 11.5 Å². The van der Waals surface area contributed by atoms with Gasteiger partial charge >= 0.3 is 6.09 Å². The summed E-state index contributed by atoms with van der Waals surface area (Å²) < 4.78 is 10.8. The van der Waals surface area contributed by atoms with Crippen LogP contribution < -0.4 is 10.1 Å².